The molecule has 0 saturated heterocycles. The van der Waals surface area contributed by atoms with Gasteiger partial charge in [-0.2, -0.15) is 4.39 Å². The third-order valence-corrected chi connectivity index (χ3v) is 2.91. The Labute approximate surface area is 73.5 Å². The van der Waals surface area contributed by atoms with Gasteiger partial charge in [-0.15, -0.1) is 0 Å². The van der Waals surface area contributed by atoms with Crippen molar-refractivity contribution in [2.24, 2.45) is 0 Å². The normalized spacial score (nSPS) is 16.9. The van der Waals surface area contributed by atoms with Crippen LogP contribution in [0.25, 0.3) is 0 Å². The second kappa shape index (κ2) is 5.87. The Kier molecular flexibility index (Phi) is 6.03. The van der Waals surface area contributed by atoms with Crippen molar-refractivity contribution in [3.8, 4) is 0 Å². The van der Waals surface area contributed by atoms with Crippen LogP contribution in [0.4, 0.5) is 4.39 Å². The average Bonchev–Trinajstić information content (AvgIpc) is 2.05. The number of alkyl halides is 1. The summed E-state index contributed by atoms with van der Waals surface area (Å²) in [6.45, 7) is 2.09. The van der Waals surface area contributed by atoms with Crippen LogP contribution >= 0.6 is 0 Å². The van der Waals surface area contributed by atoms with E-state index in [1.807, 2.05) is 0 Å². The number of unbranched alkanes of at least 4 members (excludes halogenated alkanes) is 2. The molecule has 68 valence electrons. The topological polar surface area (TPSA) is 18.5 Å². The summed E-state index contributed by atoms with van der Waals surface area (Å²) < 4.78 is 22.6. The van der Waals surface area contributed by atoms with Crippen LogP contribution in [0.5, 0.6) is 0 Å². The molecule has 0 aliphatic carbocycles. The first-order valence-corrected chi connectivity index (χ1v) is 5.61. The smallest absolute Gasteiger partial charge is 0.300 e. The monoisotopic (exact) mass is 196 g/mol. The van der Waals surface area contributed by atoms with E-state index >= 15 is 0 Å². The van der Waals surface area contributed by atoms with Gasteiger partial charge in [0, 0.05) is 6.42 Å². The third-order valence-electron chi connectivity index (χ3n) is 1.69. The van der Waals surface area contributed by atoms with Crippen molar-refractivity contribution in [3.05, 3.63) is 0 Å². The number of hydrogen-bond donors (Lipinski definition) is 0. The van der Waals surface area contributed by atoms with Crippen LogP contribution in [0.2, 0.25) is 0 Å². The van der Waals surface area contributed by atoms with Crippen LogP contribution in [0.1, 0.15) is 32.6 Å². The fraction of sp³-hybridized carbons (Fsp3) is 1.00. The maximum atomic E-state index is 13.2. The van der Waals surface area contributed by atoms with Crippen LogP contribution < -0.4 is 0 Å². The predicted octanol–water partition coefficient (Wildman–Crippen LogP) is -0.216. The second-order valence-electron chi connectivity index (χ2n) is 2.53. The van der Waals surface area contributed by atoms with E-state index in [-0.39, 0.29) is 0 Å². The Bertz CT molecular complexity index is 98.6. The van der Waals surface area contributed by atoms with Gasteiger partial charge in [0.05, 0.1) is 0 Å². The number of rotatable bonds is 6. The fourth-order valence-electron chi connectivity index (χ4n) is 0.874. The molecule has 0 amide bonds. The minimum absolute atomic E-state index is 0.383. The summed E-state index contributed by atoms with van der Waals surface area (Å²) in [5.74, 6) is 0. The first kappa shape index (κ1) is 11.3. The van der Waals surface area contributed by atoms with Gasteiger partial charge in [-0.1, -0.05) is 19.8 Å². The summed E-state index contributed by atoms with van der Waals surface area (Å²) in [5.41, 5.74) is 0. The predicted molar refractivity (Wildman–Crippen MR) is 50.0 cm³/mol. The highest BCUT2D eigenvalue weighted by Gasteiger charge is 2.25. The minimum Gasteiger partial charge on any atom is -0.378 e. The third kappa shape index (κ3) is 4.68. The van der Waals surface area contributed by atoms with Gasteiger partial charge in [0.25, 0.3) is 6.04 Å². The molecule has 5 heteroatoms. The van der Waals surface area contributed by atoms with Crippen molar-refractivity contribution in [1.82, 2.24) is 0 Å². The zero-order valence-corrected chi connectivity index (χ0v) is 11.5. The Balaban J connectivity index is 3.51. The van der Waals surface area contributed by atoms with Gasteiger partial charge in [-0.25, -0.2) is 0 Å². The summed E-state index contributed by atoms with van der Waals surface area (Å²) in [5, 5.41) is 0. The molecule has 0 radical (unpaired) electrons. The van der Waals surface area contributed by atoms with Crippen LogP contribution in [0, 0.1) is 0 Å². The van der Waals surface area contributed by atoms with E-state index in [0.717, 1.165) is 19.3 Å². The van der Waals surface area contributed by atoms with Crippen LogP contribution in [0.15, 0.2) is 0 Å². The quantitative estimate of drug-likeness (QED) is 0.332. The highest BCUT2D eigenvalue weighted by Crippen LogP contribution is 2.20. The fourth-order valence-corrected chi connectivity index (χ4v) is 1.95. The molecular formula is C6H17FO2Si2. The Hall–Kier alpha value is 0.284. The van der Waals surface area contributed by atoms with Gasteiger partial charge >= 0.3 is 0 Å². The summed E-state index contributed by atoms with van der Waals surface area (Å²) in [4.78, 5) is 0. The van der Waals surface area contributed by atoms with Crippen LogP contribution in [-0.2, 0) is 8.85 Å². The lowest BCUT2D eigenvalue weighted by molar-refractivity contribution is -0.218. The van der Waals surface area contributed by atoms with Crippen molar-refractivity contribution in [2.45, 2.75) is 38.6 Å². The number of hydrogen-bond acceptors (Lipinski definition) is 2. The molecule has 11 heavy (non-hydrogen) atoms. The molecule has 0 N–H and O–H groups in total. The van der Waals surface area contributed by atoms with Gasteiger partial charge < -0.3 is 8.85 Å². The molecule has 0 atom stereocenters. The summed E-state index contributed by atoms with van der Waals surface area (Å²) in [7, 11) is 0.794. The molecular weight excluding hydrogens is 179 g/mol. The first-order valence-electron chi connectivity index (χ1n) is 3.97. The van der Waals surface area contributed by atoms with E-state index in [1.54, 1.807) is 0 Å². The average molecular weight is 196 g/mol. The second-order valence-corrected chi connectivity index (χ2v) is 3.34. The highest BCUT2D eigenvalue weighted by molar-refractivity contribution is 6.00. The van der Waals surface area contributed by atoms with Gasteiger partial charge in [-0.05, 0) is 6.42 Å². The molecule has 0 aliphatic rings. The maximum Gasteiger partial charge on any atom is 0.300 e. The molecule has 0 heterocycles. The zero-order valence-electron chi connectivity index (χ0n) is 7.52. The molecule has 0 aromatic rings. The van der Waals surface area contributed by atoms with Gasteiger partial charge in [0.2, 0.25) is 0 Å². The first-order chi connectivity index (χ1) is 5.18. The van der Waals surface area contributed by atoms with E-state index in [1.165, 1.54) is 0 Å². The molecule has 0 fully saturated rings. The minimum atomic E-state index is -1.74. The van der Waals surface area contributed by atoms with Crippen molar-refractivity contribution in [1.29, 1.82) is 0 Å². The van der Waals surface area contributed by atoms with Crippen molar-refractivity contribution in [2.75, 3.05) is 0 Å². The van der Waals surface area contributed by atoms with E-state index in [0.29, 0.717) is 27.4 Å². The molecule has 0 rings (SSSR count). The largest absolute Gasteiger partial charge is 0.378 e. The lowest BCUT2D eigenvalue weighted by Gasteiger charge is -2.22. The molecule has 0 bridgehead atoms. The standard InChI is InChI=1S/C6H17FO2Si2/c1-2-3-4-5-6(7,8-10)9-11/h2-5H2,1,10-11H3. The van der Waals surface area contributed by atoms with Crippen molar-refractivity contribution >= 4 is 21.0 Å². The zero-order chi connectivity index (χ0) is 8.74. The van der Waals surface area contributed by atoms with Gasteiger partial charge in [0.15, 0.2) is 21.0 Å². The van der Waals surface area contributed by atoms with Crippen LogP contribution in [-0.4, -0.2) is 27.0 Å². The Morgan fingerprint density at radius 3 is 2.18 bits per heavy atom. The summed E-state index contributed by atoms with van der Waals surface area (Å²) >= 11 is 0. The molecule has 0 aromatic carbocycles. The van der Waals surface area contributed by atoms with Crippen LogP contribution in [0.3, 0.4) is 0 Å². The van der Waals surface area contributed by atoms with Gasteiger partial charge in [-0.3, -0.25) is 0 Å². The van der Waals surface area contributed by atoms with E-state index in [9.17, 15) is 4.39 Å². The van der Waals surface area contributed by atoms with Crippen molar-refractivity contribution < 1.29 is 13.2 Å². The molecule has 0 spiro atoms. The SMILES string of the molecule is CCCCCC(F)(O[SiH3])O[SiH3]. The molecule has 0 saturated carbocycles. The van der Waals surface area contributed by atoms with E-state index < -0.39 is 6.04 Å². The molecule has 0 aromatic heterocycles. The highest BCUT2D eigenvalue weighted by atomic mass is 28.2. The molecule has 0 aliphatic heterocycles. The molecule has 2 nitrogen and oxygen atoms in total. The lowest BCUT2D eigenvalue weighted by atomic mass is 10.2. The summed E-state index contributed by atoms with van der Waals surface area (Å²) in [6.07, 6.45) is 3.37. The van der Waals surface area contributed by atoms with E-state index in [4.69, 9.17) is 8.85 Å². The number of halogens is 1. The van der Waals surface area contributed by atoms with Crippen molar-refractivity contribution in [3.63, 3.8) is 0 Å². The summed E-state index contributed by atoms with van der Waals surface area (Å²) in [6, 6.07) is -1.74. The Morgan fingerprint density at radius 1 is 1.27 bits per heavy atom. The Morgan fingerprint density at radius 2 is 1.82 bits per heavy atom. The van der Waals surface area contributed by atoms with E-state index in [2.05, 4.69) is 6.92 Å². The van der Waals surface area contributed by atoms with Gasteiger partial charge in [0.1, 0.15) is 0 Å². The maximum absolute atomic E-state index is 13.2. The molecule has 0 unspecified atom stereocenters. The lowest BCUT2D eigenvalue weighted by Crippen LogP contribution is -2.28.